The van der Waals surface area contributed by atoms with Crippen molar-refractivity contribution in [1.29, 1.82) is 0 Å². The molecule has 3 rings (SSSR count). The molecule has 3 aromatic rings. The number of hydrogen-bond donors (Lipinski definition) is 1. The summed E-state index contributed by atoms with van der Waals surface area (Å²) in [5.74, 6) is -0.644. The molecule has 0 spiro atoms. The normalized spacial score (nSPS) is 13.0. The first-order valence-corrected chi connectivity index (χ1v) is 9.17. The maximum absolute atomic E-state index is 14.5. The van der Waals surface area contributed by atoms with Crippen LogP contribution in [0.4, 0.5) is 4.39 Å². The maximum Gasteiger partial charge on any atom is 0.270 e. The number of carbonyl (C=O) groups excluding carboxylic acids is 1. The van der Waals surface area contributed by atoms with Gasteiger partial charge in [-0.05, 0) is 31.5 Å². The number of benzene rings is 1. The molecule has 1 unspecified atom stereocenters. The average Bonchev–Trinajstić information content (AvgIpc) is 3.06. The second kappa shape index (κ2) is 7.10. The zero-order valence-corrected chi connectivity index (χ0v) is 16.4. The molecule has 1 amide bonds. The Labute approximate surface area is 158 Å². The van der Waals surface area contributed by atoms with Crippen LogP contribution in [0.5, 0.6) is 0 Å². The number of aromatic nitrogens is 3. The van der Waals surface area contributed by atoms with Crippen molar-refractivity contribution in [2.75, 3.05) is 0 Å². The molecule has 5 nitrogen and oxygen atoms in total. The SMILES string of the molecule is CCC(C)NC(=O)c1cc(-c2ccccc2F)n2nc(C(C)(C)C)cc2n1. The van der Waals surface area contributed by atoms with Crippen LogP contribution in [0.1, 0.15) is 57.2 Å². The second-order valence-electron chi connectivity index (χ2n) is 7.84. The predicted molar refractivity (Wildman–Crippen MR) is 104 cm³/mol. The molecule has 2 heterocycles. The van der Waals surface area contributed by atoms with Crippen molar-refractivity contribution in [1.82, 2.24) is 19.9 Å². The van der Waals surface area contributed by atoms with Crippen molar-refractivity contribution in [2.24, 2.45) is 0 Å². The number of fused-ring (bicyclic) bond motifs is 1. The zero-order chi connectivity index (χ0) is 19.8. The third kappa shape index (κ3) is 3.84. The van der Waals surface area contributed by atoms with Gasteiger partial charge in [0.2, 0.25) is 0 Å². The van der Waals surface area contributed by atoms with E-state index >= 15 is 0 Å². The quantitative estimate of drug-likeness (QED) is 0.744. The van der Waals surface area contributed by atoms with Crippen LogP contribution in [0.2, 0.25) is 0 Å². The molecule has 0 aliphatic rings. The summed E-state index contributed by atoms with van der Waals surface area (Å²) in [7, 11) is 0. The van der Waals surface area contributed by atoms with Gasteiger partial charge in [0, 0.05) is 23.1 Å². The van der Waals surface area contributed by atoms with E-state index < -0.39 is 0 Å². The first kappa shape index (κ1) is 19.0. The molecule has 2 aromatic heterocycles. The largest absolute Gasteiger partial charge is 0.348 e. The number of carbonyl (C=O) groups is 1. The lowest BCUT2D eigenvalue weighted by molar-refractivity contribution is 0.0934. The third-order valence-electron chi connectivity index (χ3n) is 4.57. The smallest absolute Gasteiger partial charge is 0.270 e. The molecule has 1 N–H and O–H groups in total. The number of amides is 1. The summed E-state index contributed by atoms with van der Waals surface area (Å²) in [5, 5.41) is 7.55. The molecular weight excluding hydrogens is 343 g/mol. The van der Waals surface area contributed by atoms with Gasteiger partial charge in [-0.3, -0.25) is 4.79 Å². The fourth-order valence-corrected chi connectivity index (χ4v) is 2.72. The first-order valence-electron chi connectivity index (χ1n) is 9.17. The summed E-state index contributed by atoms with van der Waals surface area (Å²) in [6.45, 7) is 10.1. The van der Waals surface area contributed by atoms with Gasteiger partial charge in [-0.25, -0.2) is 13.9 Å². The van der Waals surface area contributed by atoms with E-state index in [2.05, 4.69) is 15.4 Å². The highest BCUT2D eigenvalue weighted by Crippen LogP contribution is 2.27. The number of hydrogen-bond acceptors (Lipinski definition) is 3. The third-order valence-corrected chi connectivity index (χ3v) is 4.57. The summed E-state index contributed by atoms with van der Waals surface area (Å²) < 4.78 is 16.1. The molecular formula is C21H25FN4O. The second-order valence-corrected chi connectivity index (χ2v) is 7.84. The lowest BCUT2D eigenvalue weighted by Crippen LogP contribution is -2.32. The van der Waals surface area contributed by atoms with E-state index in [9.17, 15) is 9.18 Å². The highest BCUT2D eigenvalue weighted by atomic mass is 19.1. The number of nitrogens with zero attached hydrogens (tertiary/aromatic N) is 3. The van der Waals surface area contributed by atoms with Crippen LogP contribution in [-0.4, -0.2) is 26.5 Å². The number of halogens is 1. The minimum atomic E-state index is -0.369. The van der Waals surface area contributed by atoms with Gasteiger partial charge in [0.25, 0.3) is 5.91 Å². The van der Waals surface area contributed by atoms with Crippen LogP contribution in [0, 0.1) is 5.82 Å². The van der Waals surface area contributed by atoms with Crippen LogP contribution in [0.25, 0.3) is 16.9 Å². The Bertz CT molecular complexity index is 988. The predicted octanol–water partition coefficient (Wildman–Crippen LogP) is 4.36. The van der Waals surface area contributed by atoms with E-state index in [1.807, 2.05) is 40.7 Å². The molecule has 0 aliphatic carbocycles. The van der Waals surface area contributed by atoms with Crippen molar-refractivity contribution >= 4 is 11.6 Å². The minimum Gasteiger partial charge on any atom is -0.348 e. The average molecular weight is 368 g/mol. The van der Waals surface area contributed by atoms with E-state index in [0.29, 0.717) is 16.9 Å². The molecule has 1 atom stereocenters. The Hall–Kier alpha value is -2.76. The Morgan fingerprint density at radius 3 is 2.59 bits per heavy atom. The molecule has 6 heteroatoms. The zero-order valence-electron chi connectivity index (χ0n) is 16.4. The Balaban J connectivity index is 2.22. The van der Waals surface area contributed by atoms with Crippen molar-refractivity contribution in [3.05, 3.63) is 53.6 Å². The molecule has 27 heavy (non-hydrogen) atoms. The molecule has 0 saturated carbocycles. The topological polar surface area (TPSA) is 59.3 Å². The van der Waals surface area contributed by atoms with E-state index in [4.69, 9.17) is 0 Å². The monoisotopic (exact) mass is 368 g/mol. The summed E-state index contributed by atoms with van der Waals surface area (Å²) in [6, 6.07) is 9.96. The Kier molecular flexibility index (Phi) is 5.00. The minimum absolute atomic E-state index is 0.0301. The summed E-state index contributed by atoms with van der Waals surface area (Å²) >= 11 is 0. The van der Waals surface area contributed by atoms with E-state index in [1.165, 1.54) is 6.07 Å². The summed E-state index contributed by atoms with van der Waals surface area (Å²) in [4.78, 5) is 17.1. The van der Waals surface area contributed by atoms with Crippen molar-refractivity contribution < 1.29 is 9.18 Å². The van der Waals surface area contributed by atoms with Crippen LogP contribution >= 0.6 is 0 Å². The molecule has 0 aliphatic heterocycles. The van der Waals surface area contributed by atoms with Gasteiger partial charge in [0.1, 0.15) is 11.5 Å². The Morgan fingerprint density at radius 1 is 1.26 bits per heavy atom. The van der Waals surface area contributed by atoms with Crippen LogP contribution in [0.15, 0.2) is 36.4 Å². The highest BCUT2D eigenvalue weighted by Gasteiger charge is 2.22. The molecule has 142 valence electrons. The van der Waals surface area contributed by atoms with Gasteiger partial charge >= 0.3 is 0 Å². The Morgan fingerprint density at radius 2 is 1.96 bits per heavy atom. The van der Waals surface area contributed by atoms with Gasteiger partial charge in [-0.15, -0.1) is 0 Å². The van der Waals surface area contributed by atoms with Gasteiger partial charge < -0.3 is 5.32 Å². The summed E-state index contributed by atoms with van der Waals surface area (Å²) in [6.07, 6.45) is 0.814. The number of nitrogens with one attached hydrogen (secondary N) is 1. The molecule has 0 radical (unpaired) electrons. The van der Waals surface area contributed by atoms with Crippen molar-refractivity contribution in [2.45, 2.75) is 52.5 Å². The highest BCUT2D eigenvalue weighted by molar-refractivity contribution is 5.94. The van der Waals surface area contributed by atoms with E-state index in [1.54, 1.807) is 28.8 Å². The standard InChI is InChI=1S/C21H25FN4O/c1-6-13(2)23-20(27)16-11-17(14-9-7-8-10-15(14)22)26-19(24-16)12-18(25-26)21(3,4)5/h7-13H,6H2,1-5H3,(H,23,27). The van der Waals surface area contributed by atoms with E-state index in [0.717, 1.165) is 12.1 Å². The van der Waals surface area contributed by atoms with Crippen LogP contribution in [0.3, 0.4) is 0 Å². The number of rotatable bonds is 4. The molecule has 0 bridgehead atoms. The van der Waals surface area contributed by atoms with E-state index in [-0.39, 0.29) is 28.9 Å². The molecule has 0 fully saturated rings. The lowest BCUT2D eigenvalue weighted by Gasteiger charge is -2.14. The fourth-order valence-electron chi connectivity index (χ4n) is 2.72. The van der Waals surface area contributed by atoms with Crippen molar-refractivity contribution in [3.63, 3.8) is 0 Å². The molecule has 1 aromatic carbocycles. The first-order chi connectivity index (χ1) is 12.7. The van der Waals surface area contributed by atoms with Gasteiger partial charge in [-0.2, -0.15) is 5.10 Å². The molecule has 0 saturated heterocycles. The van der Waals surface area contributed by atoms with Gasteiger partial charge in [0.05, 0.1) is 11.4 Å². The maximum atomic E-state index is 14.5. The lowest BCUT2D eigenvalue weighted by atomic mass is 9.93. The van der Waals surface area contributed by atoms with Gasteiger partial charge in [-0.1, -0.05) is 39.8 Å². The van der Waals surface area contributed by atoms with Gasteiger partial charge in [0.15, 0.2) is 5.65 Å². The van der Waals surface area contributed by atoms with Crippen LogP contribution < -0.4 is 5.32 Å². The fraction of sp³-hybridized carbons (Fsp3) is 0.381. The van der Waals surface area contributed by atoms with Crippen molar-refractivity contribution in [3.8, 4) is 11.3 Å². The van der Waals surface area contributed by atoms with Crippen LogP contribution in [-0.2, 0) is 5.41 Å². The summed E-state index contributed by atoms with van der Waals surface area (Å²) in [5.41, 5.74) is 2.29.